The Kier molecular flexibility index (Phi) is 5.95. The zero-order valence-corrected chi connectivity index (χ0v) is 15.3. The van der Waals surface area contributed by atoms with Crippen LogP contribution in [0.5, 0.6) is 0 Å². The zero-order chi connectivity index (χ0) is 18.5. The Morgan fingerprint density at radius 1 is 1.35 bits per heavy atom. The fourth-order valence-electron chi connectivity index (χ4n) is 4.30. The fraction of sp³-hybridized carbons (Fsp3) is 0.524. The molecule has 1 aromatic rings. The molecule has 138 valence electrons. The van der Waals surface area contributed by atoms with Gasteiger partial charge in [0.1, 0.15) is 6.04 Å². The third-order valence-electron chi connectivity index (χ3n) is 5.60. The molecule has 1 saturated heterocycles. The Morgan fingerprint density at radius 2 is 2.08 bits per heavy atom. The van der Waals surface area contributed by atoms with Crippen molar-refractivity contribution in [3.63, 3.8) is 0 Å². The number of amides is 2. The number of urea groups is 1. The predicted octanol–water partition coefficient (Wildman–Crippen LogP) is 3.41. The van der Waals surface area contributed by atoms with Crippen molar-refractivity contribution in [1.82, 2.24) is 10.2 Å². The van der Waals surface area contributed by atoms with Crippen LogP contribution in [0.1, 0.15) is 56.1 Å². The smallest absolute Gasteiger partial charge is 0.319 e. The molecule has 3 atom stereocenters. The maximum Gasteiger partial charge on any atom is 0.319 e. The molecule has 1 heterocycles. The van der Waals surface area contributed by atoms with Crippen LogP contribution < -0.4 is 5.32 Å². The van der Waals surface area contributed by atoms with Gasteiger partial charge in [-0.2, -0.15) is 5.26 Å². The third-order valence-corrected chi connectivity index (χ3v) is 5.60. The number of likely N-dealkylation sites (tertiary alicyclic amines) is 1. The maximum absolute atomic E-state index is 12.8. The van der Waals surface area contributed by atoms with Gasteiger partial charge in [0.15, 0.2) is 0 Å². The van der Waals surface area contributed by atoms with E-state index in [0.29, 0.717) is 0 Å². The largest absolute Gasteiger partial charge is 0.394 e. The first-order chi connectivity index (χ1) is 12.7. The van der Waals surface area contributed by atoms with Gasteiger partial charge in [0, 0.05) is 12.0 Å². The summed E-state index contributed by atoms with van der Waals surface area (Å²) in [7, 11) is 0. The maximum atomic E-state index is 12.8. The first kappa shape index (κ1) is 18.5. The lowest BCUT2D eigenvalue weighted by Crippen LogP contribution is -2.68. The molecule has 0 unspecified atom stereocenters. The van der Waals surface area contributed by atoms with Crippen LogP contribution >= 0.6 is 0 Å². The van der Waals surface area contributed by atoms with Gasteiger partial charge in [-0.05, 0) is 30.9 Å². The van der Waals surface area contributed by atoms with Gasteiger partial charge in [-0.15, -0.1) is 0 Å². The number of hydrogen-bond acceptors (Lipinski definition) is 3. The summed E-state index contributed by atoms with van der Waals surface area (Å²) in [6, 6.07) is 9.22. The van der Waals surface area contributed by atoms with E-state index in [4.69, 9.17) is 0 Å². The van der Waals surface area contributed by atoms with Crippen LogP contribution in [0.25, 0.3) is 6.08 Å². The Balaban J connectivity index is 1.80. The van der Waals surface area contributed by atoms with Crippen LogP contribution in [0.15, 0.2) is 30.3 Å². The average Bonchev–Trinajstić information content (AvgIpc) is 2.64. The fourth-order valence-corrected chi connectivity index (χ4v) is 4.30. The average molecular weight is 353 g/mol. The van der Waals surface area contributed by atoms with Crippen LogP contribution in [0.2, 0.25) is 0 Å². The van der Waals surface area contributed by atoms with Crippen LogP contribution in [0, 0.1) is 11.3 Å². The van der Waals surface area contributed by atoms with E-state index in [0.717, 1.165) is 36.8 Å². The number of nitriles is 1. The molecule has 0 bridgehead atoms. The predicted molar refractivity (Wildman–Crippen MR) is 101 cm³/mol. The summed E-state index contributed by atoms with van der Waals surface area (Å²) in [5, 5.41) is 22.7. The summed E-state index contributed by atoms with van der Waals surface area (Å²) in [5.74, 6) is -0.172. The van der Waals surface area contributed by atoms with E-state index in [2.05, 4.69) is 11.4 Å². The Hall–Kier alpha value is -2.32. The number of hydrogen-bond donors (Lipinski definition) is 2. The van der Waals surface area contributed by atoms with Crippen LogP contribution in [-0.4, -0.2) is 40.8 Å². The van der Waals surface area contributed by atoms with Gasteiger partial charge in [0.2, 0.25) is 0 Å². The summed E-state index contributed by atoms with van der Waals surface area (Å²) in [5.41, 5.74) is 2.05. The van der Waals surface area contributed by atoms with Crippen molar-refractivity contribution in [3.05, 3.63) is 41.5 Å². The highest BCUT2D eigenvalue weighted by Crippen LogP contribution is 2.42. The number of allylic oxidation sites excluding steroid dienone is 1. The molecule has 2 aliphatic rings. The van der Waals surface area contributed by atoms with Gasteiger partial charge in [-0.3, -0.25) is 0 Å². The summed E-state index contributed by atoms with van der Waals surface area (Å²) >= 11 is 0. The first-order valence-corrected chi connectivity index (χ1v) is 9.52. The van der Waals surface area contributed by atoms with Gasteiger partial charge in [0.25, 0.3) is 0 Å². The van der Waals surface area contributed by atoms with Crippen molar-refractivity contribution in [2.45, 2.75) is 63.1 Å². The molecule has 1 saturated carbocycles. The molecular weight excluding hydrogens is 326 g/mol. The summed E-state index contributed by atoms with van der Waals surface area (Å²) in [4.78, 5) is 14.3. The quantitative estimate of drug-likeness (QED) is 0.871. The third kappa shape index (κ3) is 3.47. The SMILES string of the molecule is C/C=C/c1ccccc1[C@@H]1[C@@H](C#N)N(C(=O)NC2CCCCC2)[C@H]1CO. The molecule has 1 aromatic carbocycles. The first-order valence-electron chi connectivity index (χ1n) is 9.52. The van der Waals surface area contributed by atoms with Crippen LogP contribution in [0.3, 0.4) is 0 Å². The topological polar surface area (TPSA) is 76.4 Å². The molecular formula is C21H27N3O2. The Labute approximate surface area is 155 Å². The minimum atomic E-state index is -0.554. The van der Waals surface area contributed by atoms with E-state index < -0.39 is 6.04 Å². The molecule has 0 aromatic heterocycles. The van der Waals surface area contributed by atoms with Gasteiger partial charge >= 0.3 is 6.03 Å². The normalized spacial score (nSPS) is 26.3. The molecule has 2 amide bonds. The van der Waals surface area contributed by atoms with Gasteiger partial charge < -0.3 is 15.3 Å². The highest BCUT2D eigenvalue weighted by atomic mass is 16.3. The Bertz CT molecular complexity index is 703. The lowest BCUT2D eigenvalue weighted by molar-refractivity contribution is 0.0152. The van der Waals surface area contributed by atoms with Crippen LogP contribution in [0.4, 0.5) is 4.79 Å². The van der Waals surface area contributed by atoms with Crippen molar-refractivity contribution in [2.75, 3.05) is 6.61 Å². The van der Waals surface area contributed by atoms with E-state index in [1.807, 2.05) is 43.3 Å². The van der Waals surface area contributed by atoms with E-state index in [1.165, 1.54) is 11.3 Å². The number of rotatable bonds is 4. The summed E-state index contributed by atoms with van der Waals surface area (Å²) < 4.78 is 0. The minimum Gasteiger partial charge on any atom is -0.394 e. The van der Waals surface area contributed by atoms with E-state index in [-0.39, 0.29) is 30.6 Å². The standard InChI is InChI=1S/C21H27N3O2/c1-2-8-15-9-6-7-12-17(15)20-18(13-22)24(19(20)14-25)21(26)23-16-10-4-3-5-11-16/h2,6-9,12,16,18-20,25H,3-5,10-11,14H2,1H3,(H,23,26)/b8-2+/t18-,19+,20-/m1/s1. The minimum absolute atomic E-state index is 0.148. The molecule has 0 radical (unpaired) electrons. The molecule has 2 fully saturated rings. The number of nitrogens with one attached hydrogen (secondary N) is 1. The molecule has 0 spiro atoms. The van der Waals surface area contributed by atoms with Gasteiger partial charge in [-0.1, -0.05) is 55.7 Å². The number of aliphatic hydroxyl groups excluding tert-OH is 1. The van der Waals surface area contributed by atoms with Crippen molar-refractivity contribution >= 4 is 12.1 Å². The van der Waals surface area contributed by atoms with Crippen molar-refractivity contribution in [2.24, 2.45) is 0 Å². The lowest BCUT2D eigenvalue weighted by Gasteiger charge is -2.52. The molecule has 3 rings (SSSR count). The van der Waals surface area contributed by atoms with Crippen molar-refractivity contribution in [1.29, 1.82) is 5.26 Å². The monoisotopic (exact) mass is 353 g/mol. The number of carbonyl (C=O) groups is 1. The molecule has 26 heavy (non-hydrogen) atoms. The highest BCUT2D eigenvalue weighted by Gasteiger charge is 2.52. The number of carbonyl (C=O) groups excluding carboxylic acids is 1. The second kappa shape index (κ2) is 8.37. The summed E-state index contributed by atoms with van der Waals surface area (Å²) in [6.45, 7) is 1.80. The van der Waals surface area contributed by atoms with E-state index in [9.17, 15) is 15.2 Å². The molecule has 1 aliphatic carbocycles. The molecule has 5 nitrogen and oxygen atoms in total. The number of benzene rings is 1. The molecule has 5 heteroatoms. The van der Waals surface area contributed by atoms with E-state index in [1.54, 1.807) is 0 Å². The second-order valence-electron chi connectivity index (χ2n) is 7.17. The van der Waals surface area contributed by atoms with Gasteiger partial charge in [0.05, 0.1) is 18.7 Å². The van der Waals surface area contributed by atoms with Crippen LogP contribution in [-0.2, 0) is 0 Å². The summed E-state index contributed by atoms with van der Waals surface area (Å²) in [6.07, 6.45) is 9.44. The molecule has 2 N–H and O–H groups in total. The van der Waals surface area contributed by atoms with Crippen molar-refractivity contribution < 1.29 is 9.90 Å². The van der Waals surface area contributed by atoms with Crippen molar-refractivity contribution in [3.8, 4) is 6.07 Å². The number of aliphatic hydroxyl groups is 1. The van der Waals surface area contributed by atoms with E-state index >= 15 is 0 Å². The lowest BCUT2D eigenvalue weighted by atomic mass is 9.74. The molecule has 1 aliphatic heterocycles. The Morgan fingerprint density at radius 3 is 2.73 bits per heavy atom. The zero-order valence-electron chi connectivity index (χ0n) is 15.3. The van der Waals surface area contributed by atoms with Gasteiger partial charge in [-0.25, -0.2) is 4.79 Å². The number of nitrogens with zero attached hydrogens (tertiary/aromatic N) is 2. The second-order valence-corrected chi connectivity index (χ2v) is 7.17. The highest BCUT2D eigenvalue weighted by molar-refractivity contribution is 5.78.